The van der Waals surface area contributed by atoms with Crippen molar-refractivity contribution in [1.29, 1.82) is 0 Å². The van der Waals surface area contributed by atoms with Gasteiger partial charge < -0.3 is 4.74 Å². The van der Waals surface area contributed by atoms with Crippen molar-refractivity contribution in [3.63, 3.8) is 0 Å². The van der Waals surface area contributed by atoms with Gasteiger partial charge >= 0.3 is 0 Å². The van der Waals surface area contributed by atoms with Gasteiger partial charge in [-0.1, -0.05) is 6.92 Å². The number of rotatable bonds is 5. The lowest BCUT2D eigenvalue weighted by Gasteiger charge is -2.27. The van der Waals surface area contributed by atoms with E-state index in [0.29, 0.717) is 5.92 Å². The van der Waals surface area contributed by atoms with E-state index in [1.807, 2.05) is 0 Å². The van der Waals surface area contributed by atoms with Crippen molar-refractivity contribution >= 4 is 21.4 Å². The number of sulfonamides is 1. The molecule has 1 fully saturated rings. The molecular weight excluding hydrogens is 308 g/mol. The average Bonchev–Trinajstić information content (AvgIpc) is 2.41. The summed E-state index contributed by atoms with van der Waals surface area (Å²) in [4.78, 5) is 10.4. The summed E-state index contributed by atoms with van der Waals surface area (Å²) in [5, 5.41) is 10.9. The molecule has 0 spiro atoms. The van der Waals surface area contributed by atoms with Crippen LogP contribution in [0.1, 0.15) is 32.6 Å². The second-order valence-corrected chi connectivity index (χ2v) is 7.56. The largest absolute Gasteiger partial charge is 0.488 e. The Bertz CT molecular complexity index is 651. The van der Waals surface area contributed by atoms with E-state index in [9.17, 15) is 18.5 Å². The molecule has 8 heteroatoms. The summed E-state index contributed by atoms with van der Waals surface area (Å²) in [7, 11) is -3.48. The van der Waals surface area contributed by atoms with Crippen LogP contribution in [0.5, 0.6) is 5.75 Å². The Kier molecular flexibility index (Phi) is 4.90. The van der Waals surface area contributed by atoms with Gasteiger partial charge in [0.05, 0.1) is 29.0 Å². The third-order valence-electron chi connectivity index (χ3n) is 3.73. The number of hydrogen-bond acceptors (Lipinski definition) is 5. The lowest BCUT2D eigenvalue weighted by Crippen LogP contribution is -2.23. The van der Waals surface area contributed by atoms with Crippen LogP contribution in [0, 0.1) is 16.0 Å². The molecule has 0 bridgehead atoms. The fourth-order valence-corrected chi connectivity index (χ4v) is 3.10. The number of nitro benzene ring substituents is 1. The number of nitrogens with zero attached hydrogens (tertiary/aromatic N) is 1. The highest BCUT2D eigenvalue weighted by atomic mass is 32.2. The Morgan fingerprint density at radius 1 is 1.27 bits per heavy atom. The van der Waals surface area contributed by atoms with Crippen LogP contribution in [-0.2, 0) is 10.0 Å². The molecule has 0 saturated heterocycles. The van der Waals surface area contributed by atoms with E-state index >= 15 is 0 Å². The van der Waals surface area contributed by atoms with Gasteiger partial charge in [-0.25, -0.2) is 8.42 Å². The Hall–Kier alpha value is -1.83. The second kappa shape index (κ2) is 6.51. The number of hydrogen-bond donors (Lipinski definition) is 1. The van der Waals surface area contributed by atoms with Gasteiger partial charge in [-0.2, -0.15) is 0 Å². The fraction of sp³-hybridized carbons (Fsp3) is 0.571. The van der Waals surface area contributed by atoms with Gasteiger partial charge in [0.1, 0.15) is 0 Å². The molecule has 1 aliphatic carbocycles. The molecule has 0 atom stereocenters. The normalized spacial score (nSPS) is 22.1. The molecule has 22 heavy (non-hydrogen) atoms. The van der Waals surface area contributed by atoms with E-state index in [1.165, 1.54) is 18.2 Å². The van der Waals surface area contributed by atoms with Gasteiger partial charge in [0.15, 0.2) is 5.75 Å². The van der Waals surface area contributed by atoms with Gasteiger partial charge in [0.25, 0.3) is 5.69 Å². The number of benzene rings is 1. The van der Waals surface area contributed by atoms with Crippen molar-refractivity contribution in [3.05, 3.63) is 28.3 Å². The molecule has 0 heterocycles. The van der Waals surface area contributed by atoms with Crippen molar-refractivity contribution in [1.82, 2.24) is 0 Å². The first kappa shape index (κ1) is 16.5. The minimum atomic E-state index is -3.48. The van der Waals surface area contributed by atoms with E-state index in [0.717, 1.165) is 31.9 Å². The quantitative estimate of drug-likeness (QED) is 0.662. The minimum Gasteiger partial charge on any atom is -0.488 e. The molecule has 1 N–H and O–H groups in total. The molecule has 0 aromatic heterocycles. The highest BCUT2D eigenvalue weighted by Crippen LogP contribution is 2.34. The van der Waals surface area contributed by atoms with E-state index in [2.05, 4.69) is 11.6 Å². The van der Waals surface area contributed by atoms with Crippen molar-refractivity contribution in [2.45, 2.75) is 38.7 Å². The molecule has 7 nitrogen and oxygen atoms in total. The van der Waals surface area contributed by atoms with Crippen LogP contribution >= 0.6 is 0 Å². The highest BCUT2D eigenvalue weighted by molar-refractivity contribution is 7.92. The predicted octanol–water partition coefficient (Wildman–Crippen LogP) is 2.92. The lowest BCUT2D eigenvalue weighted by atomic mass is 9.89. The molecule has 122 valence electrons. The summed E-state index contributed by atoms with van der Waals surface area (Å²) in [6.07, 6.45) is 4.78. The highest BCUT2D eigenvalue weighted by Gasteiger charge is 2.22. The third-order valence-corrected chi connectivity index (χ3v) is 4.32. The summed E-state index contributed by atoms with van der Waals surface area (Å²) in [6, 6.07) is 3.88. The predicted molar refractivity (Wildman–Crippen MR) is 83.6 cm³/mol. The van der Waals surface area contributed by atoms with Crippen LogP contribution in [0.2, 0.25) is 0 Å². The third kappa shape index (κ3) is 4.59. The van der Waals surface area contributed by atoms with Crippen LogP contribution < -0.4 is 9.46 Å². The molecule has 2 rings (SSSR count). The van der Waals surface area contributed by atoms with Crippen molar-refractivity contribution in [2.75, 3.05) is 11.0 Å². The second-order valence-electron chi connectivity index (χ2n) is 5.81. The zero-order valence-corrected chi connectivity index (χ0v) is 13.4. The van der Waals surface area contributed by atoms with E-state index in [-0.39, 0.29) is 23.2 Å². The van der Waals surface area contributed by atoms with Crippen molar-refractivity contribution in [2.24, 2.45) is 5.92 Å². The van der Waals surface area contributed by atoms with Crippen LogP contribution in [0.4, 0.5) is 11.4 Å². The molecule has 1 aliphatic rings. The molecule has 0 aliphatic heterocycles. The summed E-state index contributed by atoms with van der Waals surface area (Å²) in [5.74, 6) is 0.859. The fourth-order valence-electron chi connectivity index (χ4n) is 2.53. The number of nitrogens with one attached hydrogen (secondary N) is 1. The standard InChI is InChI=1S/C14H20N2O5S/c1-10-3-6-12(7-4-10)21-14-9-11(16(17)18)5-8-13(14)15-22(2,19)20/h5,8-10,12,15H,3-4,6-7H2,1-2H3. The van der Waals surface area contributed by atoms with Crippen molar-refractivity contribution in [3.8, 4) is 5.75 Å². The number of ether oxygens (including phenoxy) is 1. The van der Waals surface area contributed by atoms with Crippen LogP contribution in [0.3, 0.4) is 0 Å². The van der Waals surface area contributed by atoms with Gasteiger partial charge in [-0.15, -0.1) is 0 Å². The van der Waals surface area contributed by atoms with E-state index < -0.39 is 14.9 Å². The maximum Gasteiger partial charge on any atom is 0.273 e. The Morgan fingerprint density at radius 3 is 2.45 bits per heavy atom. The van der Waals surface area contributed by atoms with Gasteiger partial charge in [0, 0.05) is 6.07 Å². The smallest absolute Gasteiger partial charge is 0.273 e. The average molecular weight is 328 g/mol. The summed E-state index contributed by atoms with van der Waals surface area (Å²) in [6.45, 7) is 2.18. The number of anilines is 1. The number of non-ortho nitro benzene ring substituents is 1. The SMILES string of the molecule is CC1CCC(Oc2cc([N+](=O)[O-])ccc2NS(C)(=O)=O)CC1. The maximum absolute atomic E-state index is 11.4. The zero-order chi connectivity index (χ0) is 16.3. The molecule has 1 saturated carbocycles. The van der Waals surface area contributed by atoms with Gasteiger partial charge in [0.2, 0.25) is 10.0 Å². The lowest BCUT2D eigenvalue weighted by molar-refractivity contribution is -0.384. The number of nitro groups is 1. The van der Waals surface area contributed by atoms with Crippen LogP contribution in [-0.4, -0.2) is 25.7 Å². The Morgan fingerprint density at radius 2 is 1.91 bits per heavy atom. The van der Waals surface area contributed by atoms with Crippen molar-refractivity contribution < 1.29 is 18.1 Å². The van der Waals surface area contributed by atoms with E-state index in [4.69, 9.17) is 4.74 Å². The van der Waals surface area contributed by atoms with Crippen LogP contribution in [0.15, 0.2) is 18.2 Å². The molecule has 1 aromatic rings. The van der Waals surface area contributed by atoms with Gasteiger partial charge in [-0.3, -0.25) is 14.8 Å². The van der Waals surface area contributed by atoms with Crippen LogP contribution in [0.25, 0.3) is 0 Å². The monoisotopic (exact) mass is 328 g/mol. The first-order valence-corrected chi connectivity index (χ1v) is 9.06. The summed E-state index contributed by atoms with van der Waals surface area (Å²) in [5.41, 5.74) is 0.102. The molecule has 0 unspecified atom stereocenters. The molecule has 0 radical (unpaired) electrons. The Labute approximate surface area is 129 Å². The maximum atomic E-state index is 11.4. The Balaban J connectivity index is 2.24. The first-order chi connectivity index (χ1) is 10.2. The molecule has 0 amide bonds. The summed E-state index contributed by atoms with van der Waals surface area (Å²) < 4.78 is 31.0. The first-order valence-electron chi connectivity index (χ1n) is 7.17. The molecular formula is C14H20N2O5S. The summed E-state index contributed by atoms with van der Waals surface area (Å²) >= 11 is 0. The zero-order valence-electron chi connectivity index (χ0n) is 12.6. The van der Waals surface area contributed by atoms with Gasteiger partial charge in [-0.05, 0) is 37.7 Å². The minimum absolute atomic E-state index is 0.0432. The topological polar surface area (TPSA) is 98.5 Å². The van der Waals surface area contributed by atoms with E-state index in [1.54, 1.807) is 0 Å². The molecule has 1 aromatic carbocycles.